The molecule has 4 aliphatic rings. The van der Waals surface area contributed by atoms with Gasteiger partial charge in [0.1, 0.15) is 0 Å². The van der Waals surface area contributed by atoms with Gasteiger partial charge in [-0.3, -0.25) is 0 Å². The zero-order valence-electron chi connectivity index (χ0n) is 21.3. The molecule has 0 heteroatoms. The molecule has 170 valence electrons. The first-order chi connectivity index (χ1) is 14.1. The number of allylic oxidation sites excluding steroid dienone is 1. The van der Waals surface area contributed by atoms with E-state index in [9.17, 15) is 0 Å². The maximum Gasteiger partial charge on any atom is -0.000937 e. The van der Waals surface area contributed by atoms with Crippen LogP contribution >= 0.6 is 0 Å². The molecule has 0 aromatic heterocycles. The average molecular weight is 411 g/mol. The molecule has 0 saturated heterocycles. The van der Waals surface area contributed by atoms with Crippen molar-refractivity contribution in [3.63, 3.8) is 0 Å². The van der Waals surface area contributed by atoms with Gasteiger partial charge in [-0.25, -0.2) is 0 Å². The van der Waals surface area contributed by atoms with Crippen molar-refractivity contribution in [3.8, 4) is 0 Å². The maximum absolute atomic E-state index is 3.88. The molecule has 0 aromatic carbocycles. The summed E-state index contributed by atoms with van der Waals surface area (Å²) in [5, 5.41) is 0. The predicted octanol–water partition coefficient (Wildman–Crippen LogP) is 9.21. The minimum absolute atomic E-state index is 0.438. The van der Waals surface area contributed by atoms with Crippen molar-refractivity contribution in [1.82, 2.24) is 0 Å². The summed E-state index contributed by atoms with van der Waals surface area (Å²) in [6, 6.07) is 0. The van der Waals surface area contributed by atoms with Gasteiger partial charge < -0.3 is 0 Å². The number of fused-ring (bicyclic) bond motifs is 5. The van der Waals surface area contributed by atoms with Gasteiger partial charge in [0.25, 0.3) is 0 Å². The van der Waals surface area contributed by atoms with Crippen LogP contribution in [0.4, 0.5) is 0 Å². The highest BCUT2D eigenvalue weighted by atomic mass is 14.7. The molecule has 0 bridgehead atoms. The van der Waals surface area contributed by atoms with Crippen molar-refractivity contribution in [1.29, 1.82) is 0 Å². The lowest BCUT2D eigenvalue weighted by Crippen LogP contribution is -2.51. The molecule has 0 aliphatic heterocycles. The summed E-state index contributed by atoms with van der Waals surface area (Å²) in [7, 11) is 0. The summed E-state index contributed by atoms with van der Waals surface area (Å²) in [6.07, 6.45) is 18.1. The number of hydrogen-bond donors (Lipinski definition) is 0. The zero-order chi connectivity index (χ0) is 21.7. The summed E-state index contributed by atoms with van der Waals surface area (Å²) in [6.45, 7) is 17.9. The Hall–Kier alpha value is -0.480. The Bertz CT molecular complexity index is 693. The van der Waals surface area contributed by atoms with Gasteiger partial charge in [0, 0.05) is 0 Å². The van der Waals surface area contributed by atoms with Crippen LogP contribution < -0.4 is 0 Å². The monoisotopic (exact) mass is 410 g/mol. The van der Waals surface area contributed by atoms with Crippen molar-refractivity contribution in [3.05, 3.63) is 17.4 Å². The summed E-state index contributed by atoms with van der Waals surface area (Å²) in [5.74, 6) is 5.32. The van der Waals surface area contributed by atoms with E-state index in [2.05, 4.69) is 60.3 Å². The Morgan fingerprint density at radius 2 is 1.70 bits per heavy atom. The maximum atomic E-state index is 3.88. The minimum Gasteiger partial charge on any atom is -0.125 e. The van der Waals surface area contributed by atoms with Crippen molar-refractivity contribution >= 4 is 0 Å². The van der Waals surface area contributed by atoms with Crippen LogP contribution in [0.5, 0.6) is 0 Å². The van der Waals surface area contributed by atoms with Crippen LogP contribution in [0.2, 0.25) is 0 Å². The fourth-order valence-electron chi connectivity index (χ4n) is 9.00. The molecule has 0 N–H and O–H groups in total. The van der Waals surface area contributed by atoms with E-state index in [0.717, 1.165) is 35.5 Å². The molecule has 0 nitrogen and oxygen atoms in total. The first-order valence-corrected chi connectivity index (χ1v) is 13.6. The SMILES string of the molecule is CC(C)CCC[C@@H](C)[C@@]1(C)CCC2C3CC=C=C4CC(C)CCC4(C)C3CCC21C. The first-order valence-electron chi connectivity index (χ1n) is 13.6. The van der Waals surface area contributed by atoms with Crippen LogP contribution in [0.15, 0.2) is 17.4 Å². The first kappa shape index (κ1) is 22.7. The number of rotatable bonds is 5. The lowest BCUT2D eigenvalue weighted by molar-refractivity contribution is -0.0809. The summed E-state index contributed by atoms with van der Waals surface area (Å²) < 4.78 is 0. The number of hydrogen-bond acceptors (Lipinski definition) is 0. The Kier molecular flexibility index (Phi) is 6.16. The molecule has 30 heavy (non-hydrogen) atoms. The van der Waals surface area contributed by atoms with E-state index < -0.39 is 0 Å². The van der Waals surface area contributed by atoms with E-state index >= 15 is 0 Å². The molecular formula is C30H50. The summed E-state index contributed by atoms with van der Waals surface area (Å²) >= 11 is 0. The summed E-state index contributed by atoms with van der Waals surface area (Å²) in [4.78, 5) is 0. The third-order valence-corrected chi connectivity index (χ3v) is 11.5. The van der Waals surface area contributed by atoms with E-state index in [1.165, 1.54) is 70.6 Å². The van der Waals surface area contributed by atoms with Gasteiger partial charge >= 0.3 is 0 Å². The van der Waals surface area contributed by atoms with Gasteiger partial charge in [0.15, 0.2) is 0 Å². The highest BCUT2D eigenvalue weighted by Crippen LogP contribution is 2.70. The van der Waals surface area contributed by atoms with Gasteiger partial charge in [0.2, 0.25) is 0 Å². The van der Waals surface area contributed by atoms with Gasteiger partial charge in [-0.1, -0.05) is 67.7 Å². The van der Waals surface area contributed by atoms with E-state index in [0.29, 0.717) is 16.2 Å². The minimum atomic E-state index is 0.438. The van der Waals surface area contributed by atoms with Crippen LogP contribution in [0.1, 0.15) is 119 Å². The third-order valence-electron chi connectivity index (χ3n) is 11.5. The average Bonchev–Trinajstić information content (AvgIpc) is 2.87. The van der Waals surface area contributed by atoms with Crippen LogP contribution in [-0.4, -0.2) is 0 Å². The van der Waals surface area contributed by atoms with Crippen LogP contribution in [0, 0.1) is 51.8 Å². The molecule has 0 radical (unpaired) electrons. The van der Waals surface area contributed by atoms with E-state index in [1.807, 2.05) is 0 Å². The van der Waals surface area contributed by atoms with Crippen molar-refractivity contribution in [2.75, 3.05) is 0 Å². The fourth-order valence-corrected chi connectivity index (χ4v) is 9.00. The molecule has 4 rings (SSSR count). The quantitative estimate of drug-likeness (QED) is 0.396. The second kappa shape index (κ2) is 8.14. The highest BCUT2D eigenvalue weighted by Gasteiger charge is 2.62. The molecule has 4 aliphatic carbocycles. The molecule has 3 saturated carbocycles. The largest absolute Gasteiger partial charge is 0.125 e. The highest BCUT2D eigenvalue weighted by molar-refractivity contribution is 5.23. The van der Waals surface area contributed by atoms with E-state index in [1.54, 1.807) is 5.57 Å². The van der Waals surface area contributed by atoms with Crippen molar-refractivity contribution in [2.24, 2.45) is 51.8 Å². The van der Waals surface area contributed by atoms with Gasteiger partial charge in [-0.2, -0.15) is 0 Å². The van der Waals surface area contributed by atoms with Crippen LogP contribution in [0.3, 0.4) is 0 Å². The van der Waals surface area contributed by atoms with Crippen molar-refractivity contribution < 1.29 is 0 Å². The Labute approximate surface area is 188 Å². The van der Waals surface area contributed by atoms with Crippen LogP contribution in [-0.2, 0) is 0 Å². The van der Waals surface area contributed by atoms with Gasteiger partial charge in [-0.05, 0) is 115 Å². The second-order valence-corrected chi connectivity index (χ2v) is 13.3. The lowest BCUT2D eigenvalue weighted by Gasteiger charge is -2.58. The van der Waals surface area contributed by atoms with E-state index in [-0.39, 0.29) is 0 Å². The third kappa shape index (κ3) is 3.49. The molecule has 6 unspecified atom stereocenters. The summed E-state index contributed by atoms with van der Waals surface area (Å²) in [5.41, 5.74) is 7.09. The van der Waals surface area contributed by atoms with Gasteiger partial charge in [0.05, 0.1) is 0 Å². The molecule has 3 fully saturated rings. The second-order valence-electron chi connectivity index (χ2n) is 13.3. The standard InChI is InChI=1S/C30H50/c1-21(2)10-8-11-23(4)29(6)18-16-27-25-13-9-12-24-20-22(3)14-17-28(24,5)26(25)15-19-30(27,29)7/h9,21-23,25-27H,8,10-11,13-20H2,1-7H3/t22?,23-,25?,26?,27?,28?,29-,30?/m1/s1. The Morgan fingerprint density at radius 1 is 0.967 bits per heavy atom. The predicted molar refractivity (Wildman–Crippen MR) is 130 cm³/mol. The lowest BCUT2D eigenvalue weighted by atomic mass is 9.46. The molecule has 0 aromatic rings. The topological polar surface area (TPSA) is 0 Å². The molecular weight excluding hydrogens is 360 g/mol. The molecule has 8 atom stereocenters. The normalized spacial score (nSPS) is 46.6. The zero-order valence-corrected chi connectivity index (χ0v) is 21.3. The molecule has 0 heterocycles. The fraction of sp³-hybridized carbons (Fsp3) is 0.900. The van der Waals surface area contributed by atoms with Crippen LogP contribution in [0.25, 0.3) is 0 Å². The smallest absolute Gasteiger partial charge is 0.000937 e. The molecule has 0 spiro atoms. The van der Waals surface area contributed by atoms with E-state index in [4.69, 9.17) is 0 Å². The Balaban J connectivity index is 1.56. The molecule has 0 amide bonds. The van der Waals surface area contributed by atoms with Crippen molar-refractivity contribution in [2.45, 2.75) is 119 Å². The van der Waals surface area contributed by atoms with Gasteiger partial charge in [-0.15, -0.1) is 5.73 Å². The Morgan fingerprint density at radius 3 is 2.43 bits per heavy atom.